The number of benzene rings is 2. The first-order valence-electron chi connectivity index (χ1n) is 11.5. The fourth-order valence-electron chi connectivity index (χ4n) is 3.91. The summed E-state index contributed by atoms with van der Waals surface area (Å²) >= 11 is 0. The van der Waals surface area contributed by atoms with Gasteiger partial charge in [-0.15, -0.1) is 0 Å². The summed E-state index contributed by atoms with van der Waals surface area (Å²) in [5.74, 6) is -0.976. The van der Waals surface area contributed by atoms with Crippen LogP contribution >= 0.6 is 0 Å². The summed E-state index contributed by atoms with van der Waals surface area (Å²) < 4.78 is 16.8. The SMILES string of the molecule is COc1ccccc1OCCCc1noc2cccc(N3CCCCC3)c12.O=C(O)C=CC(=O)O. The lowest BCUT2D eigenvalue weighted by Crippen LogP contribution is -2.29. The first-order chi connectivity index (χ1) is 17.0. The number of carbonyl (C=O) groups is 2. The van der Waals surface area contributed by atoms with E-state index in [0.29, 0.717) is 18.8 Å². The number of hydrogen-bond donors (Lipinski definition) is 2. The molecule has 9 nitrogen and oxygen atoms in total. The molecule has 0 atom stereocenters. The zero-order valence-electron chi connectivity index (χ0n) is 19.7. The Morgan fingerprint density at radius 1 is 1.00 bits per heavy atom. The molecular weight excluding hydrogens is 452 g/mol. The molecule has 1 saturated heterocycles. The van der Waals surface area contributed by atoms with Gasteiger partial charge in [-0.2, -0.15) is 0 Å². The highest BCUT2D eigenvalue weighted by Crippen LogP contribution is 2.32. The summed E-state index contributed by atoms with van der Waals surface area (Å²) in [5, 5.41) is 21.1. The van der Waals surface area contributed by atoms with Crippen LogP contribution in [0.1, 0.15) is 31.4 Å². The lowest BCUT2D eigenvalue weighted by molar-refractivity contribution is -0.134. The third-order valence-electron chi connectivity index (χ3n) is 5.50. The van der Waals surface area contributed by atoms with Gasteiger partial charge in [0.25, 0.3) is 0 Å². The predicted molar refractivity (Wildman–Crippen MR) is 131 cm³/mol. The molecule has 1 aromatic heterocycles. The number of aryl methyl sites for hydroxylation is 1. The van der Waals surface area contributed by atoms with Crippen molar-refractivity contribution in [2.45, 2.75) is 32.1 Å². The molecule has 1 fully saturated rings. The number of hydrogen-bond acceptors (Lipinski definition) is 7. The molecule has 0 aliphatic carbocycles. The van der Waals surface area contributed by atoms with Crippen LogP contribution in [0.5, 0.6) is 11.5 Å². The van der Waals surface area contributed by atoms with Gasteiger partial charge in [-0.1, -0.05) is 23.4 Å². The first-order valence-corrected chi connectivity index (χ1v) is 11.5. The predicted octanol–water partition coefficient (Wildman–Crippen LogP) is 4.55. The van der Waals surface area contributed by atoms with E-state index in [1.165, 1.54) is 24.9 Å². The van der Waals surface area contributed by atoms with Crippen LogP contribution in [0.2, 0.25) is 0 Å². The van der Waals surface area contributed by atoms with Gasteiger partial charge in [0, 0.05) is 30.9 Å². The Bertz CT molecular complexity index is 1130. The molecule has 0 amide bonds. The average Bonchev–Trinajstić information content (AvgIpc) is 3.30. The van der Waals surface area contributed by atoms with Crippen LogP contribution in [-0.4, -0.2) is 54.1 Å². The molecule has 1 aliphatic heterocycles. The second-order valence-corrected chi connectivity index (χ2v) is 7.94. The number of nitrogens with zero attached hydrogens (tertiary/aromatic N) is 2. The maximum atomic E-state index is 9.55. The van der Waals surface area contributed by atoms with Crippen LogP contribution in [0.25, 0.3) is 11.0 Å². The number of methoxy groups -OCH3 is 1. The van der Waals surface area contributed by atoms with E-state index in [0.717, 1.165) is 54.1 Å². The largest absolute Gasteiger partial charge is 0.493 e. The number of carboxylic acids is 2. The topological polar surface area (TPSA) is 122 Å². The van der Waals surface area contributed by atoms with Gasteiger partial charge >= 0.3 is 11.9 Å². The number of para-hydroxylation sites is 2. The van der Waals surface area contributed by atoms with Crippen molar-refractivity contribution in [3.63, 3.8) is 0 Å². The number of fused-ring (bicyclic) bond motifs is 1. The van der Waals surface area contributed by atoms with E-state index in [-0.39, 0.29) is 0 Å². The number of aliphatic carboxylic acids is 2. The van der Waals surface area contributed by atoms with E-state index in [1.54, 1.807) is 7.11 Å². The molecule has 9 heteroatoms. The van der Waals surface area contributed by atoms with Crippen LogP contribution in [-0.2, 0) is 16.0 Å². The lowest BCUT2D eigenvalue weighted by atomic mass is 10.1. The van der Waals surface area contributed by atoms with Crippen molar-refractivity contribution in [3.05, 3.63) is 60.3 Å². The van der Waals surface area contributed by atoms with Crippen LogP contribution < -0.4 is 14.4 Å². The average molecular weight is 483 g/mol. The number of anilines is 1. The van der Waals surface area contributed by atoms with Crippen molar-refractivity contribution in [2.75, 3.05) is 31.7 Å². The smallest absolute Gasteiger partial charge is 0.328 e. The first kappa shape index (κ1) is 25.6. The molecule has 0 radical (unpaired) electrons. The van der Waals surface area contributed by atoms with Crippen LogP contribution in [0.4, 0.5) is 5.69 Å². The van der Waals surface area contributed by atoms with E-state index >= 15 is 0 Å². The van der Waals surface area contributed by atoms with Crippen molar-refractivity contribution in [1.82, 2.24) is 5.16 Å². The molecule has 0 saturated carbocycles. The minimum Gasteiger partial charge on any atom is -0.493 e. The maximum Gasteiger partial charge on any atom is 0.328 e. The van der Waals surface area contributed by atoms with Crippen molar-refractivity contribution in [2.24, 2.45) is 0 Å². The highest BCUT2D eigenvalue weighted by Gasteiger charge is 2.18. The molecule has 0 spiro atoms. The highest BCUT2D eigenvalue weighted by molar-refractivity contribution is 5.93. The van der Waals surface area contributed by atoms with Gasteiger partial charge in [0.15, 0.2) is 17.1 Å². The Hall–Kier alpha value is -4.01. The minimum atomic E-state index is -1.26. The van der Waals surface area contributed by atoms with Gasteiger partial charge < -0.3 is 29.1 Å². The summed E-state index contributed by atoms with van der Waals surface area (Å²) in [6, 6.07) is 14.0. The van der Waals surface area contributed by atoms with E-state index in [1.807, 2.05) is 30.3 Å². The number of aromatic nitrogens is 1. The molecule has 0 unspecified atom stereocenters. The molecule has 186 valence electrons. The third-order valence-corrected chi connectivity index (χ3v) is 5.50. The number of rotatable bonds is 9. The van der Waals surface area contributed by atoms with Crippen molar-refractivity contribution in [1.29, 1.82) is 0 Å². The second-order valence-electron chi connectivity index (χ2n) is 7.94. The molecule has 1 aliphatic rings. The molecular formula is C26H30N2O7. The normalized spacial score (nSPS) is 13.3. The summed E-state index contributed by atoms with van der Waals surface area (Å²) in [6.45, 7) is 2.84. The number of ether oxygens (including phenoxy) is 2. The summed E-state index contributed by atoms with van der Waals surface area (Å²) in [6.07, 6.45) is 6.64. The van der Waals surface area contributed by atoms with E-state index in [4.69, 9.17) is 24.2 Å². The Morgan fingerprint density at radius 2 is 1.69 bits per heavy atom. The third kappa shape index (κ3) is 7.49. The summed E-state index contributed by atoms with van der Waals surface area (Å²) in [4.78, 5) is 21.6. The lowest BCUT2D eigenvalue weighted by Gasteiger charge is -2.29. The Labute approximate surface area is 203 Å². The van der Waals surface area contributed by atoms with Crippen molar-refractivity contribution in [3.8, 4) is 11.5 Å². The second kappa shape index (κ2) is 13.0. The zero-order valence-corrected chi connectivity index (χ0v) is 19.7. The fourth-order valence-corrected chi connectivity index (χ4v) is 3.91. The Balaban J connectivity index is 0.000000371. The van der Waals surface area contributed by atoms with Crippen molar-refractivity contribution < 1.29 is 33.8 Å². The van der Waals surface area contributed by atoms with Gasteiger partial charge in [-0.3, -0.25) is 0 Å². The van der Waals surface area contributed by atoms with Gasteiger partial charge in [0.2, 0.25) is 0 Å². The molecule has 2 heterocycles. The molecule has 0 bridgehead atoms. The van der Waals surface area contributed by atoms with Crippen molar-refractivity contribution >= 4 is 28.6 Å². The highest BCUT2D eigenvalue weighted by atomic mass is 16.5. The summed E-state index contributed by atoms with van der Waals surface area (Å²) in [5.41, 5.74) is 3.16. The monoisotopic (exact) mass is 482 g/mol. The zero-order chi connectivity index (χ0) is 25.0. The van der Waals surface area contributed by atoms with E-state index < -0.39 is 11.9 Å². The number of piperidine rings is 1. The Kier molecular flexibility index (Phi) is 9.53. The molecule has 35 heavy (non-hydrogen) atoms. The van der Waals surface area contributed by atoms with Gasteiger partial charge in [0.05, 0.1) is 24.8 Å². The van der Waals surface area contributed by atoms with Crippen LogP contribution in [0, 0.1) is 0 Å². The standard InChI is InChI=1S/C22H26N2O3.C4H4O4/c1-25-19-11-3-4-12-20(19)26-16-8-9-17-22-18(24-14-5-2-6-15-24)10-7-13-21(22)27-23-17;5-3(6)1-2-4(7)8/h3-4,7,10-13H,2,5-6,8-9,14-16H2,1H3;1-2H,(H,5,6)(H,7,8). The molecule has 3 aromatic rings. The van der Waals surface area contributed by atoms with Gasteiger partial charge in [0.1, 0.15) is 0 Å². The molecule has 2 aromatic carbocycles. The quantitative estimate of drug-likeness (QED) is 0.334. The van der Waals surface area contributed by atoms with Gasteiger partial charge in [-0.05, 0) is 56.4 Å². The van der Waals surface area contributed by atoms with Crippen LogP contribution in [0.3, 0.4) is 0 Å². The maximum absolute atomic E-state index is 9.55. The molecule has 2 N–H and O–H groups in total. The van der Waals surface area contributed by atoms with Gasteiger partial charge in [-0.25, -0.2) is 9.59 Å². The minimum absolute atomic E-state index is 0.558. The number of carboxylic acid groups (broad SMARTS) is 2. The van der Waals surface area contributed by atoms with Crippen LogP contribution in [0.15, 0.2) is 59.1 Å². The van der Waals surface area contributed by atoms with E-state index in [9.17, 15) is 9.59 Å². The Morgan fingerprint density at radius 3 is 2.34 bits per heavy atom. The molecule has 4 rings (SSSR count). The van der Waals surface area contributed by atoms with E-state index in [2.05, 4.69) is 22.2 Å². The fraction of sp³-hybridized carbons (Fsp3) is 0.346. The summed E-state index contributed by atoms with van der Waals surface area (Å²) in [7, 11) is 1.66.